The molecule has 0 unspecified atom stereocenters. The summed E-state index contributed by atoms with van der Waals surface area (Å²) in [5, 5.41) is 10.8. The Hall–Kier alpha value is -1.65. The van der Waals surface area contributed by atoms with E-state index in [1.165, 1.54) is 12.8 Å². The van der Waals surface area contributed by atoms with Crippen LogP contribution in [0.25, 0.3) is 10.9 Å². The summed E-state index contributed by atoms with van der Waals surface area (Å²) in [5.41, 5.74) is 1.95. The molecule has 2 aliphatic rings. The van der Waals surface area contributed by atoms with Crippen molar-refractivity contribution in [3.63, 3.8) is 0 Å². The number of para-hydroxylation sites is 1. The van der Waals surface area contributed by atoms with Gasteiger partial charge in [0.2, 0.25) is 0 Å². The number of fused-ring (bicyclic) bond motifs is 1. The maximum absolute atomic E-state index is 9.68. The van der Waals surface area contributed by atoms with Gasteiger partial charge in [-0.3, -0.25) is 4.90 Å². The van der Waals surface area contributed by atoms with E-state index >= 15 is 0 Å². The van der Waals surface area contributed by atoms with Crippen molar-refractivity contribution < 1.29 is 5.11 Å². The Morgan fingerprint density at radius 3 is 2.57 bits per heavy atom. The number of anilines is 1. The first kappa shape index (κ1) is 13.0. The Bertz CT molecular complexity index is 646. The number of hydrogen-bond acceptors (Lipinski definition) is 4. The third-order valence-corrected chi connectivity index (χ3v) is 4.63. The van der Waals surface area contributed by atoms with E-state index in [2.05, 4.69) is 21.9 Å². The van der Waals surface area contributed by atoms with Gasteiger partial charge in [0.1, 0.15) is 5.82 Å². The van der Waals surface area contributed by atoms with Crippen LogP contribution >= 0.6 is 0 Å². The highest BCUT2D eigenvalue weighted by Gasteiger charge is 2.31. The normalized spacial score (nSPS) is 20.1. The quantitative estimate of drug-likeness (QED) is 0.935. The third-order valence-electron chi connectivity index (χ3n) is 4.63. The summed E-state index contributed by atoms with van der Waals surface area (Å²) in [6.07, 6.45) is 2.74. The zero-order chi connectivity index (χ0) is 14.2. The largest absolute Gasteiger partial charge is 0.392 e. The van der Waals surface area contributed by atoms with Crippen molar-refractivity contribution in [1.29, 1.82) is 0 Å². The first-order valence-electron chi connectivity index (χ1n) is 7.83. The van der Waals surface area contributed by atoms with Crippen LogP contribution in [0.15, 0.2) is 30.3 Å². The number of rotatable bonds is 3. The Balaban J connectivity index is 1.62. The number of piperazine rings is 1. The van der Waals surface area contributed by atoms with Gasteiger partial charge in [-0.2, -0.15) is 0 Å². The minimum atomic E-state index is 0.0516. The van der Waals surface area contributed by atoms with Crippen LogP contribution in [0.5, 0.6) is 0 Å². The van der Waals surface area contributed by atoms with Crippen molar-refractivity contribution in [3.05, 3.63) is 35.9 Å². The van der Waals surface area contributed by atoms with Crippen molar-refractivity contribution in [2.24, 2.45) is 0 Å². The molecule has 0 atom stereocenters. The molecule has 1 aliphatic heterocycles. The molecule has 2 fully saturated rings. The molecule has 1 aliphatic carbocycles. The van der Waals surface area contributed by atoms with Crippen LogP contribution in [-0.2, 0) is 6.61 Å². The number of aliphatic hydroxyl groups is 1. The van der Waals surface area contributed by atoms with Gasteiger partial charge in [0.05, 0.1) is 12.1 Å². The van der Waals surface area contributed by atoms with Crippen LogP contribution in [0, 0.1) is 0 Å². The lowest BCUT2D eigenvalue weighted by Crippen LogP contribution is -2.47. The summed E-state index contributed by atoms with van der Waals surface area (Å²) < 4.78 is 0. The maximum Gasteiger partial charge on any atom is 0.134 e. The zero-order valence-electron chi connectivity index (χ0n) is 12.2. The SMILES string of the molecule is OCc1cc2ccccc2nc1N1CCN(C2CC2)CC1. The Morgan fingerprint density at radius 2 is 1.86 bits per heavy atom. The van der Waals surface area contributed by atoms with Gasteiger partial charge in [-0.05, 0) is 25.0 Å². The minimum absolute atomic E-state index is 0.0516. The van der Waals surface area contributed by atoms with Crippen LogP contribution in [0.3, 0.4) is 0 Å². The maximum atomic E-state index is 9.68. The number of nitrogens with zero attached hydrogens (tertiary/aromatic N) is 3. The Morgan fingerprint density at radius 1 is 1.10 bits per heavy atom. The van der Waals surface area contributed by atoms with E-state index in [1.807, 2.05) is 18.2 Å². The van der Waals surface area contributed by atoms with Crippen molar-refractivity contribution in [3.8, 4) is 0 Å². The second-order valence-electron chi connectivity index (χ2n) is 6.08. The van der Waals surface area contributed by atoms with Gasteiger partial charge in [-0.15, -0.1) is 0 Å². The highest BCUT2D eigenvalue weighted by molar-refractivity contribution is 5.81. The topological polar surface area (TPSA) is 39.6 Å². The summed E-state index contributed by atoms with van der Waals surface area (Å²) in [4.78, 5) is 9.73. The fourth-order valence-electron chi connectivity index (χ4n) is 3.28. The molecular weight excluding hydrogens is 262 g/mol. The van der Waals surface area contributed by atoms with Crippen LogP contribution in [-0.4, -0.2) is 47.2 Å². The molecule has 1 saturated carbocycles. The van der Waals surface area contributed by atoms with Gasteiger partial charge < -0.3 is 10.0 Å². The molecule has 110 valence electrons. The molecule has 0 bridgehead atoms. The van der Waals surface area contributed by atoms with E-state index in [1.54, 1.807) is 0 Å². The molecular formula is C17H21N3O. The van der Waals surface area contributed by atoms with Gasteiger partial charge in [0.25, 0.3) is 0 Å². The molecule has 1 N–H and O–H groups in total. The van der Waals surface area contributed by atoms with Gasteiger partial charge in [-0.1, -0.05) is 18.2 Å². The lowest BCUT2D eigenvalue weighted by molar-refractivity contribution is 0.246. The number of hydrogen-bond donors (Lipinski definition) is 1. The first-order chi connectivity index (χ1) is 10.3. The standard InChI is InChI=1S/C17H21N3O/c21-12-14-11-13-3-1-2-4-16(13)18-17(14)20-9-7-19(8-10-20)15-5-6-15/h1-4,11,15,21H,5-10,12H2. The van der Waals surface area contributed by atoms with Gasteiger partial charge >= 0.3 is 0 Å². The van der Waals surface area contributed by atoms with E-state index in [0.29, 0.717) is 0 Å². The van der Waals surface area contributed by atoms with Crippen LogP contribution < -0.4 is 4.90 Å². The minimum Gasteiger partial charge on any atom is -0.392 e. The number of aromatic nitrogens is 1. The predicted molar refractivity (Wildman–Crippen MR) is 84.5 cm³/mol. The number of pyridine rings is 1. The first-order valence-corrected chi connectivity index (χ1v) is 7.83. The molecule has 2 aromatic rings. The summed E-state index contributed by atoms with van der Waals surface area (Å²) in [6.45, 7) is 4.30. The van der Waals surface area contributed by atoms with Crippen LogP contribution in [0.1, 0.15) is 18.4 Å². The van der Waals surface area contributed by atoms with E-state index in [0.717, 1.165) is 54.5 Å². The summed E-state index contributed by atoms with van der Waals surface area (Å²) in [5.74, 6) is 0.964. The average molecular weight is 283 g/mol. The molecule has 0 spiro atoms. The molecule has 4 heteroatoms. The Labute approximate surface area is 125 Å². The van der Waals surface area contributed by atoms with Crippen molar-refractivity contribution in [1.82, 2.24) is 9.88 Å². The second kappa shape index (κ2) is 5.28. The highest BCUT2D eigenvalue weighted by atomic mass is 16.3. The molecule has 0 amide bonds. The lowest BCUT2D eigenvalue weighted by atomic mass is 10.1. The fourth-order valence-corrected chi connectivity index (χ4v) is 3.28. The lowest BCUT2D eigenvalue weighted by Gasteiger charge is -2.36. The third kappa shape index (κ3) is 2.49. The predicted octanol–water partition coefficient (Wildman–Crippen LogP) is 2.01. The van der Waals surface area contributed by atoms with Gasteiger partial charge in [-0.25, -0.2) is 4.98 Å². The molecule has 1 aromatic carbocycles. The van der Waals surface area contributed by atoms with Crippen molar-refractivity contribution >= 4 is 16.7 Å². The van der Waals surface area contributed by atoms with Crippen molar-refractivity contribution in [2.45, 2.75) is 25.5 Å². The van der Waals surface area contributed by atoms with E-state index < -0.39 is 0 Å². The van der Waals surface area contributed by atoms with E-state index in [9.17, 15) is 5.11 Å². The number of aliphatic hydroxyl groups excluding tert-OH is 1. The summed E-state index contributed by atoms with van der Waals surface area (Å²) in [6, 6.07) is 11.0. The van der Waals surface area contributed by atoms with E-state index in [-0.39, 0.29) is 6.61 Å². The molecule has 0 radical (unpaired) electrons. The van der Waals surface area contributed by atoms with Crippen molar-refractivity contribution in [2.75, 3.05) is 31.1 Å². The van der Waals surface area contributed by atoms with E-state index in [4.69, 9.17) is 4.98 Å². The van der Waals surface area contributed by atoms with Crippen LogP contribution in [0.4, 0.5) is 5.82 Å². The monoisotopic (exact) mass is 283 g/mol. The van der Waals surface area contributed by atoms with Crippen LogP contribution in [0.2, 0.25) is 0 Å². The average Bonchev–Trinajstić information content (AvgIpc) is 3.39. The molecule has 4 rings (SSSR count). The zero-order valence-corrected chi connectivity index (χ0v) is 12.2. The molecule has 1 aromatic heterocycles. The summed E-state index contributed by atoms with van der Waals surface area (Å²) >= 11 is 0. The number of benzene rings is 1. The second-order valence-corrected chi connectivity index (χ2v) is 6.08. The smallest absolute Gasteiger partial charge is 0.134 e. The van der Waals surface area contributed by atoms with Gasteiger partial charge in [0.15, 0.2) is 0 Å². The highest BCUT2D eigenvalue weighted by Crippen LogP contribution is 2.29. The fraction of sp³-hybridized carbons (Fsp3) is 0.471. The Kier molecular flexibility index (Phi) is 3.28. The summed E-state index contributed by atoms with van der Waals surface area (Å²) in [7, 11) is 0. The van der Waals surface area contributed by atoms with Gasteiger partial charge in [0, 0.05) is 43.2 Å². The molecule has 21 heavy (non-hydrogen) atoms. The molecule has 2 heterocycles. The molecule has 4 nitrogen and oxygen atoms in total. The molecule has 1 saturated heterocycles.